The van der Waals surface area contributed by atoms with Crippen molar-refractivity contribution in [1.29, 1.82) is 0 Å². The lowest BCUT2D eigenvalue weighted by Gasteiger charge is -2.14. The lowest BCUT2D eigenvalue weighted by molar-refractivity contribution is 0.0880. The highest BCUT2D eigenvalue weighted by molar-refractivity contribution is 5.91. The highest BCUT2D eigenvalue weighted by Crippen LogP contribution is 2.23. The Morgan fingerprint density at radius 2 is 2.00 bits per heavy atom. The number of aliphatic hydroxyl groups excluding tert-OH is 1. The molecule has 5 nitrogen and oxygen atoms in total. The summed E-state index contributed by atoms with van der Waals surface area (Å²) in [6, 6.07) is 15.0. The highest BCUT2D eigenvalue weighted by atomic mass is 16.5. The van der Waals surface area contributed by atoms with Gasteiger partial charge >= 0.3 is 0 Å². The van der Waals surface area contributed by atoms with Crippen LogP contribution in [0.15, 0.2) is 59.3 Å². The molecule has 0 aliphatic carbocycles. The van der Waals surface area contributed by atoms with Gasteiger partial charge in [0.05, 0.1) is 12.3 Å². The quantitative estimate of drug-likeness (QED) is 0.770. The molecule has 1 atom stereocenters. The van der Waals surface area contributed by atoms with Crippen molar-refractivity contribution in [2.24, 2.45) is 0 Å². The van der Waals surface area contributed by atoms with Crippen LogP contribution in [0.3, 0.4) is 0 Å². The van der Waals surface area contributed by atoms with E-state index in [1.165, 1.54) is 12.3 Å². The molecule has 1 heterocycles. The van der Waals surface area contributed by atoms with Gasteiger partial charge in [-0.3, -0.25) is 4.79 Å². The van der Waals surface area contributed by atoms with E-state index in [0.717, 1.165) is 16.3 Å². The van der Waals surface area contributed by atoms with Crippen molar-refractivity contribution in [3.63, 3.8) is 0 Å². The Morgan fingerprint density at radius 3 is 2.81 bits per heavy atom. The average Bonchev–Trinajstić information content (AvgIpc) is 3.06. The second-order valence-electron chi connectivity index (χ2n) is 4.67. The van der Waals surface area contributed by atoms with Gasteiger partial charge in [0.2, 0.25) is 5.76 Å². The van der Waals surface area contributed by atoms with E-state index in [1.54, 1.807) is 0 Å². The molecule has 0 bridgehead atoms. The summed E-state index contributed by atoms with van der Waals surface area (Å²) >= 11 is 0. The predicted octanol–water partition coefficient (Wildman–Crippen LogP) is 2.29. The standard InChI is InChI=1S/C16H14N2O3/c19-14(10-17-16(20)15-8-9-18-21-15)13-7-3-5-11-4-1-2-6-12(11)13/h1-9,14,19H,10H2,(H,17,20). The van der Waals surface area contributed by atoms with Crippen molar-refractivity contribution in [1.82, 2.24) is 10.5 Å². The van der Waals surface area contributed by atoms with E-state index in [4.69, 9.17) is 4.52 Å². The van der Waals surface area contributed by atoms with E-state index in [1.807, 2.05) is 42.5 Å². The predicted molar refractivity (Wildman–Crippen MR) is 77.7 cm³/mol. The van der Waals surface area contributed by atoms with Gasteiger partial charge < -0.3 is 14.9 Å². The monoisotopic (exact) mass is 282 g/mol. The summed E-state index contributed by atoms with van der Waals surface area (Å²) < 4.78 is 4.76. The average molecular weight is 282 g/mol. The molecule has 2 N–H and O–H groups in total. The minimum atomic E-state index is -0.789. The van der Waals surface area contributed by atoms with Gasteiger partial charge in [0.15, 0.2) is 0 Å². The fraction of sp³-hybridized carbons (Fsp3) is 0.125. The largest absolute Gasteiger partial charge is 0.387 e. The number of benzene rings is 2. The van der Waals surface area contributed by atoms with E-state index < -0.39 is 12.0 Å². The zero-order chi connectivity index (χ0) is 14.7. The van der Waals surface area contributed by atoms with Crippen molar-refractivity contribution in [2.75, 3.05) is 6.54 Å². The normalized spacial score (nSPS) is 12.2. The first kappa shape index (κ1) is 13.3. The zero-order valence-electron chi connectivity index (χ0n) is 11.2. The summed E-state index contributed by atoms with van der Waals surface area (Å²) in [5, 5.41) is 18.4. The Hall–Kier alpha value is -2.66. The maximum atomic E-state index is 11.7. The van der Waals surface area contributed by atoms with E-state index in [0.29, 0.717) is 0 Å². The molecule has 1 amide bonds. The van der Waals surface area contributed by atoms with E-state index in [9.17, 15) is 9.90 Å². The van der Waals surface area contributed by atoms with Gasteiger partial charge in [0, 0.05) is 12.6 Å². The smallest absolute Gasteiger partial charge is 0.289 e. The molecule has 0 saturated heterocycles. The molecule has 0 aliphatic rings. The molecule has 0 fully saturated rings. The van der Waals surface area contributed by atoms with Crippen LogP contribution in [0.2, 0.25) is 0 Å². The number of hydrogen-bond donors (Lipinski definition) is 2. The Bertz CT molecular complexity index is 748. The number of amides is 1. The molecule has 3 aromatic rings. The third-order valence-corrected chi connectivity index (χ3v) is 3.30. The molecule has 5 heteroatoms. The molecule has 0 aliphatic heterocycles. The Labute approximate surface area is 121 Å². The first-order valence-corrected chi connectivity index (χ1v) is 6.60. The molecular formula is C16H14N2O3. The molecule has 1 aromatic heterocycles. The van der Waals surface area contributed by atoms with E-state index in [-0.39, 0.29) is 12.3 Å². The first-order chi connectivity index (χ1) is 10.3. The van der Waals surface area contributed by atoms with Crippen molar-refractivity contribution < 1.29 is 14.4 Å². The number of aromatic nitrogens is 1. The molecule has 21 heavy (non-hydrogen) atoms. The van der Waals surface area contributed by atoms with Crippen LogP contribution in [-0.4, -0.2) is 22.7 Å². The Kier molecular flexibility index (Phi) is 3.66. The summed E-state index contributed by atoms with van der Waals surface area (Å²) in [6.07, 6.45) is 0.610. The zero-order valence-corrected chi connectivity index (χ0v) is 11.2. The van der Waals surface area contributed by atoms with Crippen molar-refractivity contribution in [3.05, 3.63) is 66.1 Å². The third kappa shape index (κ3) is 2.78. The van der Waals surface area contributed by atoms with Crippen LogP contribution in [0, 0.1) is 0 Å². The molecule has 2 aromatic carbocycles. The maximum Gasteiger partial charge on any atom is 0.289 e. The third-order valence-electron chi connectivity index (χ3n) is 3.30. The number of carbonyl (C=O) groups is 1. The van der Waals surface area contributed by atoms with Gasteiger partial charge in [0.25, 0.3) is 5.91 Å². The molecule has 0 saturated carbocycles. The minimum Gasteiger partial charge on any atom is -0.387 e. The summed E-state index contributed by atoms with van der Waals surface area (Å²) in [5.74, 6) is -0.271. The number of hydrogen-bond acceptors (Lipinski definition) is 4. The summed E-state index contributed by atoms with van der Waals surface area (Å²) in [5.41, 5.74) is 0.783. The fourth-order valence-corrected chi connectivity index (χ4v) is 2.26. The Morgan fingerprint density at radius 1 is 1.19 bits per heavy atom. The second kappa shape index (κ2) is 5.76. The summed E-state index contributed by atoms with van der Waals surface area (Å²) in [6.45, 7) is 0.105. The van der Waals surface area contributed by atoms with Crippen LogP contribution in [0.4, 0.5) is 0 Å². The SMILES string of the molecule is O=C(NCC(O)c1cccc2ccccc12)c1ccno1. The van der Waals surface area contributed by atoms with Gasteiger partial charge in [0.1, 0.15) is 0 Å². The fourth-order valence-electron chi connectivity index (χ4n) is 2.26. The van der Waals surface area contributed by atoms with Crippen LogP contribution in [0.1, 0.15) is 22.2 Å². The molecule has 1 unspecified atom stereocenters. The molecule has 0 radical (unpaired) electrons. The van der Waals surface area contributed by atoms with Gasteiger partial charge in [-0.15, -0.1) is 0 Å². The van der Waals surface area contributed by atoms with Crippen LogP contribution >= 0.6 is 0 Å². The topological polar surface area (TPSA) is 75.4 Å². The number of aliphatic hydroxyl groups is 1. The van der Waals surface area contributed by atoms with Gasteiger partial charge in [-0.2, -0.15) is 0 Å². The second-order valence-corrected chi connectivity index (χ2v) is 4.67. The number of nitrogens with one attached hydrogen (secondary N) is 1. The van der Waals surface area contributed by atoms with Gasteiger partial charge in [-0.05, 0) is 16.3 Å². The minimum absolute atomic E-state index is 0.105. The summed E-state index contributed by atoms with van der Waals surface area (Å²) in [4.78, 5) is 11.7. The molecular weight excluding hydrogens is 268 g/mol. The van der Waals surface area contributed by atoms with Crippen molar-refractivity contribution in [3.8, 4) is 0 Å². The molecule has 0 spiro atoms. The lowest BCUT2D eigenvalue weighted by atomic mass is 10.0. The number of nitrogens with zero attached hydrogens (tertiary/aromatic N) is 1. The van der Waals surface area contributed by atoms with Crippen molar-refractivity contribution in [2.45, 2.75) is 6.10 Å². The van der Waals surface area contributed by atoms with Gasteiger partial charge in [-0.1, -0.05) is 47.6 Å². The van der Waals surface area contributed by atoms with Crippen molar-refractivity contribution >= 4 is 16.7 Å². The van der Waals surface area contributed by atoms with Crippen LogP contribution in [-0.2, 0) is 0 Å². The van der Waals surface area contributed by atoms with E-state index >= 15 is 0 Å². The highest BCUT2D eigenvalue weighted by Gasteiger charge is 2.14. The maximum absolute atomic E-state index is 11.7. The lowest BCUT2D eigenvalue weighted by Crippen LogP contribution is -2.28. The number of rotatable bonds is 4. The van der Waals surface area contributed by atoms with E-state index in [2.05, 4.69) is 10.5 Å². The summed E-state index contributed by atoms with van der Waals surface area (Å²) in [7, 11) is 0. The Balaban J connectivity index is 1.75. The number of carbonyl (C=O) groups excluding carboxylic acids is 1. The van der Waals surface area contributed by atoms with Crippen LogP contribution < -0.4 is 5.32 Å². The molecule has 106 valence electrons. The van der Waals surface area contributed by atoms with Crippen LogP contribution in [0.25, 0.3) is 10.8 Å². The molecule has 3 rings (SSSR count). The number of fused-ring (bicyclic) bond motifs is 1. The van der Waals surface area contributed by atoms with Gasteiger partial charge in [-0.25, -0.2) is 0 Å². The van der Waals surface area contributed by atoms with Crippen LogP contribution in [0.5, 0.6) is 0 Å². The first-order valence-electron chi connectivity index (χ1n) is 6.60.